The molecule has 0 saturated carbocycles. The molecule has 2 aromatic rings. The van der Waals surface area contributed by atoms with Gasteiger partial charge in [0.1, 0.15) is 5.82 Å². The van der Waals surface area contributed by atoms with E-state index in [2.05, 4.69) is 10.2 Å². The average Bonchev–Trinajstić information content (AvgIpc) is 2.72. The first kappa shape index (κ1) is 12.7. The van der Waals surface area contributed by atoms with Crippen LogP contribution in [0.25, 0.3) is 10.8 Å². The quantitative estimate of drug-likeness (QED) is 0.316. The monoisotopic (exact) mass is 313 g/mol. The number of nitroso groups, excluding NO2 is 1. The van der Waals surface area contributed by atoms with Gasteiger partial charge in [-0.15, -0.1) is 4.91 Å². The van der Waals surface area contributed by atoms with E-state index < -0.39 is 0 Å². The number of H-pyrrole nitrogens is 1. The Morgan fingerprint density at radius 2 is 1.53 bits per heavy atom. The zero-order chi connectivity index (χ0) is 12.7. The summed E-state index contributed by atoms with van der Waals surface area (Å²) in [5.41, 5.74) is 1.84. The lowest BCUT2D eigenvalue weighted by Gasteiger charge is -2.05. The van der Waals surface area contributed by atoms with E-state index in [0.29, 0.717) is 0 Å². The molecule has 0 radical (unpaired) electrons. The molecule has 5 nitrogen and oxygen atoms in total. The van der Waals surface area contributed by atoms with Crippen molar-refractivity contribution < 1.29 is 5.21 Å². The van der Waals surface area contributed by atoms with E-state index in [9.17, 15) is 4.91 Å². The number of rotatable bonds is 2. The summed E-state index contributed by atoms with van der Waals surface area (Å²) < 4.78 is 0. The Labute approximate surface area is 115 Å². The summed E-state index contributed by atoms with van der Waals surface area (Å²) in [7, 11) is 0. The first-order valence-electron chi connectivity index (χ1n) is 4.14. The van der Waals surface area contributed by atoms with E-state index in [1.165, 1.54) is 0 Å². The molecule has 0 atom stereocenters. The first-order valence-corrected chi connectivity index (χ1v) is 5.65. The third-order valence-corrected chi connectivity index (χ3v) is 4.00. The second-order valence-electron chi connectivity index (χ2n) is 3.06. The van der Waals surface area contributed by atoms with Crippen molar-refractivity contribution in [3.63, 3.8) is 0 Å². The van der Waals surface area contributed by atoms with Crippen molar-refractivity contribution in [2.45, 2.75) is 0 Å². The number of fused-ring (bicyclic) bond motifs is 1. The summed E-state index contributed by atoms with van der Waals surface area (Å²) in [6.07, 6.45) is 0. The molecule has 1 aromatic carbocycles. The van der Waals surface area contributed by atoms with Gasteiger partial charge in [0.15, 0.2) is 5.82 Å². The summed E-state index contributed by atoms with van der Waals surface area (Å²) in [5, 5.41) is 12.2. The van der Waals surface area contributed by atoms with Gasteiger partial charge in [-0.25, -0.2) is 0 Å². The number of nitrogens with zero attached hydrogens (tertiary/aromatic N) is 1. The highest BCUT2D eigenvalue weighted by molar-refractivity contribution is 6.56. The highest BCUT2D eigenvalue weighted by Crippen LogP contribution is 2.48. The van der Waals surface area contributed by atoms with E-state index in [1.807, 2.05) is 5.48 Å². The minimum absolute atomic E-state index is 0.0132. The molecule has 9 heteroatoms. The Morgan fingerprint density at radius 1 is 1.00 bits per heavy atom. The van der Waals surface area contributed by atoms with Gasteiger partial charge in [0.25, 0.3) is 0 Å². The Morgan fingerprint density at radius 3 is 2.00 bits per heavy atom. The van der Waals surface area contributed by atoms with Crippen LogP contribution in [0, 0.1) is 4.91 Å². The third kappa shape index (κ3) is 1.75. The molecule has 1 aromatic heterocycles. The topological polar surface area (TPSA) is 77.5 Å². The molecule has 0 bridgehead atoms. The predicted molar refractivity (Wildman–Crippen MR) is 69.2 cm³/mol. The van der Waals surface area contributed by atoms with Gasteiger partial charge in [-0.1, -0.05) is 46.4 Å². The number of anilines is 1. The molecule has 90 valence electrons. The van der Waals surface area contributed by atoms with Crippen molar-refractivity contribution >= 4 is 68.8 Å². The Balaban J connectivity index is 3.06. The van der Waals surface area contributed by atoms with Crippen molar-refractivity contribution in [1.82, 2.24) is 4.98 Å². The van der Waals surface area contributed by atoms with Crippen molar-refractivity contribution in [1.29, 1.82) is 0 Å². The van der Waals surface area contributed by atoms with Crippen LogP contribution < -0.4 is 5.48 Å². The summed E-state index contributed by atoms with van der Waals surface area (Å²) in [6.45, 7) is 0. The fraction of sp³-hybridized carbons (Fsp3) is 0. The van der Waals surface area contributed by atoms with Crippen LogP contribution in [-0.4, -0.2) is 10.2 Å². The van der Waals surface area contributed by atoms with E-state index in [4.69, 9.17) is 51.6 Å². The Bertz CT molecular complexity index is 625. The van der Waals surface area contributed by atoms with Crippen LogP contribution >= 0.6 is 46.4 Å². The molecule has 0 aliphatic heterocycles. The molecule has 0 saturated heterocycles. The molecule has 1 heterocycles. The number of aromatic amines is 1. The summed E-state index contributed by atoms with van der Waals surface area (Å²) in [6, 6.07) is 0. The predicted octanol–water partition coefficient (Wildman–Crippen LogP) is 4.98. The minimum atomic E-state index is -0.109. The van der Waals surface area contributed by atoms with Gasteiger partial charge in [-0.2, -0.15) is 0 Å². The number of benzene rings is 1. The standard InChI is InChI=1S/C8H3Cl4N3O2/c9-3-1-2(4(10)6(12)5(3)11)8(15-17)13-7(1)14-16/h13-14,16H. The normalized spacial score (nSPS) is 10.9. The van der Waals surface area contributed by atoms with Crippen LogP contribution in [0.3, 0.4) is 0 Å². The molecule has 0 fully saturated rings. The molecular weight excluding hydrogens is 312 g/mol. The number of hydrogen-bond donors (Lipinski definition) is 3. The summed E-state index contributed by atoms with van der Waals surface area (Å²) >= 11 is 23.6. The van der Waals surface area contributed by atoms with Crippen LogP contribution in [-0.2, 0) is 0 Å². The Kier molecular flexibility index (Phi) is 3.38. The van der Waals surface area contributed by atoms with Crippen molar-refractivity contribution in [3.8, 4) is 0 Å². The molecule has 0 amide bonds. The van der Waals surface area contributed by atoms with Crippen LogP contribution in [0.4, 0.5) is 11.6 Å². The fourth-order valence-electron chi connectivity index (χ4n) is 1.48. The average molecular weight is 315 g/mol. The zero-order valence-corrected chi connectivity index (χ0v) is 10.8. The number of hydrogen-bond acceptors (Lipinski definition) is 4. The molecule has 0 spiro atoms. The van der Waals surface area contributed by atoms with Crippen LogP contribution in [0.15, 0.2) is 5.18 Å². The summed E-state index contributed by atoms with van der Waals surface area (Å²) in [4.78, 5) is 13.1. The highest BCUT2D eigenvalue weighted by atomic mass is 35.5. The van der Waals surface area contributed by atoms with Gasteiger partial charge in [-0.3, -0.25) is 10.7 Å². The zero-order valence-electron chi connectivity index (χ0n) is 7.81. The fourth-order valence-corrected chi connectivity index (χ4v) is 2.52. The minimum Gasteiger partial charge on any atom is -0.321 e. The van der Waals surface area contributed by atoms with Crippen molar-refractivity contribution in [3.05, 3.63) is 25.0 Å². The van der Waals surface area contributed by atoms with Crippen LogP contribution in [0.1, 0.15) is 0 Å². The number of nitrogens with one attached hydrogen (secondary N) is 2. The Hall–Kier alpha value is -0.720. The summed E-state index contributed by atoms with van der Waals surface area (Å²) in [5.74, 6) is -0.0536. The van der Waals surface area contributed by atoms with Crippen LogP contribution in [0.2, 0.25) is 20.1 Å². The van der Waals surface area contributed by atoms with Gasteiger partial charge in [0.2, 0.25) is 0 Å². The molecule has 17 heavy (non-hydrogen) atoms. The highest BCUT2D eigenvalue weighted by Gasteiger charge is 2.22. The van der Waals surface area contributed by atoms with E-state index in [-0.39, 0.29) is 42.5 Å². The van der Waals surface area contributed by atoms with Crippen LogP contribution in [0.5, 0.6) is 0 Å². The largest absolute Gasteiger partial charge is 0.321 e. The molecular formula is C8H3Cl4N3O2. The van der Waals surface area contributed by atoms with E-state index >= 15 is 0 Å². The van der Waals surface area contributed by atoms with Gasteiger partial charge in [0.05, 0.1) is 25.5 Å². The lowest BCUT2D eigenvalue weighted by molar-refractivity contribution is 0.387. The van der Waals surface area contributed by atoms with Gasteiger partial charge in [-0.05, 0) is 5.18 Å². The molecule has 2 rings (SSSR count). The van der Waals surface area contributed by atoms with Gasteiger partial charge >= 0.3 is 0 Å². The molecule has 0 aliphatic rings. The number of aromatic nitrogens is 1. The van der Waals surface area contributed by atoms with Crippen molar-refractivity contribution in [2.24, 2.45) is 5.18 Å². The maximum atomic E-state index is 10.6. The molecule has 0 unspecified atom stereocenters. The first-order chi connectivity index (χ1) is 8.02. The van der Waals surface area contributed by atoms with Crippen molar-refractivity contribution in [2.75, 3.05) is 5.48 Å². The maximum absolute atomic E-state index is 10.6. The lowest BCUT2D eigenvalue weighted by Crippen LogP contribution is -1.89. The second kappa shape index (κ2) is 4.51. The van der Waals surface area contributed by atoms with Gasteiger partial charge < -0.3 is 4.98 Å². The third-order valence-electron chi connectivity index (χ3n) is 2.20. The van der Waals surface area contributed by atoms with E-state index in [0.717, 1.165) is 0 Å². The SMILES string of the molecule is O=Nc1[nH]c(NO)c2c(Cl)c(Cl)c(Cl)c(Cl)c12. The second-order valence-corrected chi connectivity index (χ2v) is 4.57. The maximum Gasteiger partial charge on any atom is 0.185 e. The van der Waals surface area contributed by atoms with Gasteiger partial charge in [0, 0.05) is 5.39 Å². The molecule has 0 aliphatic carbocycles. The number of halogens is 4. The van der Waals surface area contributed by atoms with E-state index in [1.54, 1.807) is 0 Å². The lowest BCUT2D eigenvalue weighted by atomic mass is 10.2. The molecule has 3 N–H and O–H groups in total. The smallest absolute Gasteiger partial charge is 0.185 e.